The number of carbonyl (C=O) groups excluding carboxylic acids is 1. The molecule has 0 aromatic heterocycles. The smallest absolute Gasteiger partial charge is 0.415 e. The molecule has 3 aromatic rings. The SMILES string of the molecule is CCOc1cc(-c2ccc(F)cc2)c(C2CC2)cc1CN1CCC2(CC1)CN(c1ccc(CCN)cc1)C(=O)O2. The number of ether oxygens (including phenoxy) is 2. The molecule has 0 atom stereocenters. The minimum Gasteiger partial charge on any atom is -0.494 e. The largest absolute Gasteiger partial charge is 0.494 e. The third-order valence-corrected chi connectivity index (χ3v) is 8.52. The fourth-order valence-corrected chi connectivity index (χ4v) is 6.12. The molecule has 6 nitrogen and oxygen atoms in total. The number of piperidine rings is 1. The zero-order chi connectivity index (χ0) is 27.7. The van der Waals surface area contributed by atoms with Gasteiger partial charge in [-0.15, -0.1) is 0 Å². The average Bonchev–Trinajstić information content (AvgIpc) is 3.76. The van der Waals surface area contributed by atoms with Crippen molar-refractivity contribution in [3.63, 3.8) is 0 Å². The van der Waals surface area contributed by atoms with Gasteiger partial charge in [-0.05, 0) is 97.3 Å². The first-order valence-corrected chi connectivity index (χ1v) is 14.5. The summed E-state index contributed by atoms with van der Waals surface area (Å²) < 4.78 is 25.8. The lowest BCUT2D eigenvalue weighted by molar-refractivity contribution is -0.00111. The summed E-state index contributed by atoms with van der Waals surface area (Å²) in [6, 6.07) is 19.3. The highest BCUT2D eigenvalue weighted by molar-refractivity contribution is 5.90. The first-order chi connectivity index (χ1) is 19.5. The summed E-state index contributed by atoms with van der Waals surface area (Å²) in [5.41, 5.74) is 12.0. The molecule has 0 bridgehead atoms. The van der Waals surface area contributed by atoms with E-state index in [1.807, 2.05) is 43.3 Å². The molecule has 6 rings (SSSR count). The molecule has 40 heavy (non-hydrogen) atoms. The Labute approximate surface area is 235 Å². The Bertz CT molecular complexity index is 1350. The van der Waals surface area contributed by atoms with Crippen LogP contribution in [0.2, 0.25) is 0 Å². The number of benzene rings is 3. The average molecular weight is 544 g/mol. The highest BCUT2D eigenvalue weighted by Gasteiger charge is 2.47. The lowest BCUT2D eigenvalue weighted by Gasteiger charge is -2.37. The van der Waals surface area contributed by atoms with E-state index in [1.165, 1.54) is 41.7 Å². The molecule has 0 unspecified atom stereocenters. The molecule has 1 saturated carbocycles. The Kier molecular flexibility index (Phi) is 7.51. The number of nitrogens with two attached hydrogens (primary N) is 1. The lowest BCUT2D eigenvalue weighted by Crippen LogP contribution is -2.46. The molecule has 3 aromatic carbocycles. The van der Waals surface area contributed by atoms with Gasteiger partial charge in [0.2, 0.25) is 0 Å². The van der Waals surface area contributed by atoms with Gasteiger partial charge in [-0.1, -0.05) is 24.3 Å². The summed E-state index contributed by atoms with van der Waals surface area (Å²) in [7, 11) is 0. The fraction of sp³-hybridized carbons (Fsp3) is 0.424. The van der Waals surface area contributed by atoms with Crippen LogP contribution >= 0.6 is 0 Å². The molecule has 0 radical (unpaired) electrons. The van der Waals surface area contributed by atoms with Crippen LogP contribution in [0.1, 0.15) is 55.2 Å². The maximum atomic E-state index is 13.6. The van der Waals surface area contributed by atoms with Gasteiger partial charge in [0, 0.05) is 43.7 Å². The van der Waals surface area contributed by atoms with Crippen LogP contribution in [0.3, 0.4) is 0 Å². The number of rotatable bonds is 9. The van der Waals surface area contributed by atoms with Crippen LogP contribution in [0.5, 0.6) is 5.75 Å². The lowest BCUT2D eigenvalue weighted by atomic mass is 9.90. The molecule has 7 heteroatoms. The van der Waals surface area contributed by atoms with E-state index >= 15 is 0 Å². The summed E-state index contributed by atoms with van der Waals surface area (Å²) in [6.45, 7) is 6.26. The van der Waals surface area contributed by atoms with Crippen LogP contribution in [-0.2, 0) is 17.7 Å². The third-order valence-electron chi connectivity index (χ3n) is 8.52. The fourth-order valence-electron chi connectivity index (χ4n) is 6.12. The van der Waals surface area contributed by atoms with Crippen LogP contribution in [0.4, 0.5) is 14.9 Å². The Morgan fingerprint density at radius 3 is 2.42 bits per heavy atom. The number of hydrogen-bond donors (Lipinski definition) is 1. The predicted octanol–water partition coefficient (Wildman–Crippen LogP) is 6.26. The van der Waals surface area contributed by atoms with Gasteiger partial charge in [-0.25, -0.2) is 9.18 Å². The van der Waals surface area contributed by atoms with Crippen molar-refractivity contribution >= 4 is 11.8 Å². The summed E-state index contributed by atoms with van der Waals surface area (Å²) in [5.74, 6) is 1.22. The van der Waals surface area contributed by atoms with E-state index in [2.05, 4.69) is 17.0 Å². The van der Waals surface area contributed by atoms with Crippen molar-refractivity contribution in [2.45, 2.75) is 57.1 Å². The van der Waals surface area contributed by atoms with E-state index in [9.17, 15) is 9.18 Å². The minimum atomic E-state index is -0.447. The van der Waals surface area contributed by atoms with Crippen LogP contribution in [-0.4, -0.2) is 49.4 Å². The Balaban J connectivity index is 1.16. The van der Waals surface area contributed by atoms with E-state index in [0.717, 1.165) is 61.5 Å². The molecule has 2 saturated heterocycles. The molecular weight excluding hydrogens is 505 g/mol. The predicted molar refractivity (Wildman–Crippen MR) is 155 cm³/mol. The quantitative estimate of drug-likeness (QED) is 0.345. The first-order valence-electron chi connectivity index (χ1n) is 14.5. The molecule has 2 N–H and O–H groups in total. The van der Waals surface area contributed by atoms with Gasteiger partial charge in [-0.3, -0.25) is 9.80 Å². The van der Waals surface area contributed by atoms with Gasteiger partial charge in [0.05, 0.1) is 13.2 Å². The maximum absolute atomic E-state index is 13.6. The molecule has 3 aliphatic rings. The Morgan fingerprint density at radius 1 is 1.05 bits per heavy atom. The van der Waals surface area contributed by atoms with E-state index in [1.54, 1.807) is 4.90 Å². The van der Waals surface area contributed by atoms with Gasteiger partial charge in [0.25, 0.3) is 0 Å². The van der Waals surface area contributed by atoms with Gasteiger partial charge in [0.1, 0.15) is 17.2 Å². The van der Waals surface area contributed by atoms with E-state index in [0.29, 0.717) is 25.6 Å². The number of hydrogen-bond acceptors (Lipinski definition) is 5. The first kappa shape index (κ1) is 26.8. The summed E-state index contributed by atoms with van der Waals surface area (Å²) in [6.07, 6.45) is 4.54. The molecule has 1 amide bonds. The number of likely N-dealkylation sites (tertiary alicyclic amines) is 1. The van der Waals surface area contributed by atoms with Crippen LogP contribution < -0.4 is 15.4 Å². The topological polar surface area (TPSA) is 68.0 Å². The minimum absolute atomic E-state index is 0.224. The van der Waals surface area contributed by atoms with Crippen molar-refractivity contribution in [1.82, 2.24) is 4.90 Å². The molecular formula is C33H38FN3O3. The highest BCUT2D eigenvalue weighted by atomic mass is 19.1. The summed E-state index contributed by atoms with van der Waals surface area (Å²) in [4.78, 5) is 17.1. The summed E-state index contributed by atoms with van der Waals surface area (Å²) in [5, 5.41) is 0. The Morgan fingerprint density at radius 2 is 1.77 bits per heavy atom. The van der Waals surface area contributed by atoms with E-state index in [-0.39, 0.29) is 11.9 Å². The third kappa shape index (κ3) is 5.58. The van der Waals surface area contributed by atoms with Crippen molar-refractivity contribution in [2.24, 2.45) is 5.73 Å². The van der Waals surface area contributed by atoms with Crippen molar-refractivity contribution in [1.29, 1.82) is 0 Å². The van der Waals surface area contributed by atoms with Crippen LogP contribution in [0.25, 0.3) is 11.1 Å². The van der Waals surface area contributed by atoms with Gasteiger partial charge in [-0.2, -0.15) is 0 Å². The van der Waals surface area contributed by atoms with Crippen molar-refractivity contribution < 1.29 is 18.7 Å². The van der Waals surface area contributed by atoms with Crippen molar-refractivity contribution in [3.05, 3.63) is 83.2 Å². The number of amides is 1. The molecule has 3 fully saturated rings. The highest BCUT2D eigenvalue weighted by Crippen LogP contribution is 2.47. The molecule has 1 aliphatic carbocycles. The van der Waals surface area contributed by atoms with Gasteiger partial charge in [0.15, 0.2) is 0 Å². The number of anilines is 1. The zero-order valence-electron chi connectivity index (χ0n) is 23.2. The monoisotopic (exact) mass is 543 g/mol. The molecule has 210 valence electrons. The van der Waals surface area contributed by atoms with Gasteiger partial charge >= 0.3 is 6.09 Å². The second-order valence-electron chi connectivity index (χ2n) is 11.4. The standard InChI is InChI=1S/C33H38FN3O3/c1-2-39-31-20-30(25-7-9-27(34)10-8-25)29(24-5-6-24)19-26(31)21-36-17-14-33(15-18-36)22-37(32(38)40-33)28-11-3-23(4-12-28)13-16-35/h3-4,7-12,19-20,24H,2,5-6,13-18,21-22,35H2,1H3. The van der Waals surface area contributed by atoms with Crippen molar-refractivity contribution in [2.75, 3.05) is 37.7 Å². The molecule has 1 spiro atoms. The maximum Gasteiger partial charge on any atom is 0.415 e. The van der Waals surface area contributed by atoms with E-state index in [4.69, 9.17) is 15.2 Å². The zero-order valence-corrected chi connectivity index (χ0v) is 23.2. The van der Waals surface area contributed by atoms with Gasteiger partial charge < -0.3 is 15.2 Å². The van der Waals surface area contributed by atoms with E-state index < -0.39 is 5.60 Å². The van der Waals surface area contributed by atoms with Crippen molar-refractivity contribution in [3.8, 4) is 16.9 Å². The second kappa shape index (κ2) is 11.2. The summed E-state index contributed by atoms with van der Waals surface area (Å²) >= 11 is 0. The normalized spacial score (nSPS) is 18.8. The number of carbonyl (C=O) groups is 1. The molecule has 2 heterocycles. The number of halogens is 1. The number of nitrogens with zero attached hydrogens (tertiary/aromatic N) is 2. The molecule has 2 aliphatic heterocycles. The van der Waals surface area contributed by atoms with Crippen LogP contribution in [0, 0.1) is 5.82 Å². The second-order valence-corrected chi connectivity index (χ2v) is 11.4. The Hall–Kier alpha value is -3.42. The van der Waals surface area contributed by atoms with Crippen LogP contribution in [0.15, 0.2) is 60.7 Å².